The SMILES string of the molecule is CC(C)C1c2ccccc2CCN1S(=O)(=O)c1cccc(C(=O)O)c1. The van der Waals surface area contributed by atoms with Gasteiger partial charge in [0, 0.05) is 6.54 Å². The molecule has 1 aliphatic rings. The summed E-state index contributed by atoms with van der Waals surface area (Å²) in [6, 6.07) is 13.2. The maximum Gasteiger partial charge on any atom is 0.335 e. The number of carboxylic acids is 1. The number of nitrogens with zero attached hydrogens (tertiary/aromatic N) is 1. The monoisotopic (exact) mass is 359 g/mol. The lowest BCUT2D eigenvalue weighted by atomic mass is 9.88. The molecule has 0 bridgehead atoms. The Bertz CT molecular complexity index is 905. The maximum absolute atomic E-state index is 13.2. The van der Waals surface area contributed by atoms with Crippen molar-refractivity contribution in [3.63, 3.8) is 0 Å². The molecule has 25 heavy (non-hydrogen) atoms. The van der Waals surface area contributed by atoms with Gasteiger partial charge in [-0.15, -0.1) is 0 Å². The predicted molar refractivity (Wildman–Crippen MR) is 95.0 cm³/mol. The van der Waals surface area contributed by atoms with Crippen LogP contribution in [0.5, 0.6) is 0 Å². The normalized spacial score (nSPS) is 18.1. The van der Waals surface area contributed by atoms with Gasteiger partial charge in [0.05, 0.1) is 16.5 Å². The van der Waals surface area contributed by atoms with Crippen LogP contribution in [0.2, 0.25) is 0 Å². The summed E-state index contributed by atoms with van der Waals surface area (Å²) in [5, 5.41) is 9.15. The van der Waals surface area contributed by atoms with E-state index in [0.717, 1.165) is 5.56 Å². The molecule has 2 aromatic carbocycles. The highest BCUT2D eigenvalue weighted by Gasteiger charge is 2.37. The zero-order valence-electron chi connectivity index (χ0n) is 14.2. The van der Waals surface area contributed by atoms with Crippen LogP contribution in [0, 0.1) is 5.92 Å². The van der Waals surface area contributed by atoms with Crippen LogP contribution in [0.4, 0.5) is 0 Å². The molecular formula is C19H21NO4S. The van der Waals surface area contributed by atoms with Crippen LogP contribution in [-0.4, -0.2) is 30.3 Å². The maximum atomic E-state index is 13.2. The van der Waals surface area contributed by atoms with Gasteiger partial charge in [-0.2, -0.15) is 4.31 Å². The number of aromatic carboxylic acids is 1. The molecule has 1 atom stereocenters. The lowest BCUT2D eigenvalue weighted by Gasteiger charge is -2.38. The molecule has 0 saturated heterocycles. The van der Waals surface area contributed by atoms with Crippen molar-refractivity contribution < 1.29 is 18.3 Å². The van der Waals surface area contributed by atoms with Crippen LogP contribution < -0.4 is 0 Å². The van der Waals surface area contributed by atoms with Crippen molar-refractivity contribution in [3.8, 4) is 0 Å². The minimum absolute atomic E-state index is 0.0254. The minimum Gasteiger partial charge on any atom is -0.478 e. The first-order chi connectivity index (χ1) is 11.8. The molecule has 0 radical (unpaired) electrons. The molecule has 0 amide bonds. The first-order valence-electron chi connectivity index (χ1n) is 8.25. The Morgan fingerprint density at radius 3 is 2.56 bits per heavy atom. The van der Waals surface area contributed by atoms with Crippen molar-refractivity contribution in [2.45, 2.75) is 31.2 Å². The quantitative estimate of drug-likeness (QED) is 0.909. The third-order valence-corrected chi connectivity index (χ3v) is 6.48. The summed E-state index contributed by atoms with van der Waals surface area (Å²) >= 11 is 0. The number of rotatable bonds is 4. The largest absolute Gasteiger partial charge is 0.478 e. The molecule has 5 nitrogen and oxygen atoms in total. The first-order valence-corrected chi connectivity index (χ1v) is 9.69. The zero-order valence-corrected chi connectivity index (χ0v) is 15.0. The summed E-state index contributed by atoms with van der Waals surface area (Å²) in [5.41, 5.74) is 2.17. The Labute approximate surface area is 148 Å². The Balaban J connectivity index is 2.08. The van der Waals surface area contributed by atoms with Crippen molar-refractivity contribution >= 4 is 16.0 Å². The smallest absolute Gasteiger partial charge is 0.335 e. The summed E-state index contributed by atoms with van der Waals surface area (Å²) in [5.74, 6) is -1.04. The third-order valence-electron chi connectivity index (χ3n) is 4.60. The Morgan fingerprint density at radius 2 is 1.88 bits per heavy atom. The summed E-state index contributed by atoms with van der Waals surface area (Å²) < 4.78 is 28.0. The van der Waals surface area contributed by atoms with E-state index >= 15 is 0 Å². The first kappa shape index (κ1) is 17.6. The third kappa shape index (κ3) is 3.19. The number of benzene rings is 2. The fraction of sp³-hybridized carbons (Fsp3) is 0.316. The average molecular weight is 359 g/mol. The number of hydrogen-bond acceptors (Lipinski definition) is 3. The number of hydrogen-bond donors (Lipinski definition) is 1. The van der Waals surface area contributed by atoms with E-state index in [0.29, 0.717) is 13.0 Å². The fourth-order valence-corrected chi connectivity index (χ4v) is 5.25. The average Bonchev–Trinajstić information content (AvgIpc) is 2.60. The van der Waals surface area contributed by atoms with E-state index in [1.807, 2.05) is 38.1 Å². The summed E-state index contributed by atoms with van der Waals surface area (Å²) in [6.07, 6.45) is 0.650. The molecule has 132 valence electrons. The van der Waals surface area contributed by atoms with Gasteiger partial charge in [-0.05, 0) is 41.7 Å². The molecule has 1 unspecified atom stereocenters. The van der Waals surface area contributed by atoms with E-state index in [1.165, 1.54) is 34.1 Å². The standard InChI is InChI=1S/C19H21NO4S/c1-13(2)18-17-9-4-3-6-14(17)10-11-20(18)25(23,24)16-8-5-7-15(12-16)19(21)22/h3-9,12-13,18H,10-11H2,1-2H3,(H,21,22). The molecule has 6 heteroatoms. The second-order valence-corrected chi connectivity index (χ2v) is 8.48. The van der Waals surface area contributed by atoms with Crippen LogP contribution in [0.3, 0.4) is 0 Å². The number of carbonyl (C=O) groups is 1. The predicted octanol–water partition coefficient (Wildman–Crippen LogP) is 3.33. The molecule has 0 fully saturated rings. The lowest BCUT2D eigenvalue weighted by Crippen LogP contribution is -2.42. The van der Waals surface area contributed by atoms with Crippen LogP contribution >= 0.6 is 0 Å². The van der Waals surface area contributed by atoms with Crippen LogP contribution in [0.15, 0.2) is 53.4 Å². The Kier molecular flexibility index (Phi) is 4.67. The molecule has 1 aliphatic heterocycles. The van der Waals surface area contributed by atoms with Crippen molar-refractivity contribution in [1.82, 2.24) is 4.31 Å². The number of fused-ring (bicyclic) bond motifs is 1. The topological polar surface area (TPSA) is 74.7 Å². The van der Waals surface area contributed by atoms with Crippen LogP contribution in [0.25, 0.3) is 0 Å². The summed E-state index contributed by atoms with van der Waals surface area (Å²) in [7, 11) is -3.78. The molecule has 0 saturated carbocycles. The molecule has 2 aromatic rings. The zero-order chi connectivity index (χ0) is 18.2. The van der Waals surface area contributed by atoms with Crippen molar-refractivity contribution in [1.29, 1.82) is 0 Å². The van der Waals surface area contributed by atoms with Crippen LogP contribution in [-0.2, 0) is 16.4 Å². The van der Waals surface area contributed by atoms with Gasteiger partial charge in [0.15, 0.2) is 0 Å². The van der Waals surface area contributed by atoms with E-state index in [-0.39, 0.29) is 22.4 Å². The molecule has 1 heterocycles. The van der Waals surface area contributed by atoms with Gasteiger partial charge in [-0.25, -0.2) is 13.2 Å². The fourth-order valence-electron chi connectivity index (χ4n) is 3.46. The van der Waals surface area contributed by atoms with Gasteiger partial charge in [0.1, 0.15) is 0 Å². The summed E-state index contributed by atoms with van der Waals surface area (Å²) in [4.78, 5) is 11.2. The van der Waals surface area contributed by atoms with Crippen molar-refractivity contribution in [3.05, 3.63) is 65.2 Å². The van der Waals surface area contributed by atoms with E-state index in [1.54, 1.807) is 0 Å². The van der Waals surface area contributed by atoms with Crippen LogP contribution in [0.1, 0.15) is 41.4 Å². The van der Waals surface area contributed by atoms with Crippen molar-refractivity contribution in [2.24, 2.45) is 5.92 Å². The van der Waals surface area contributed by atoms with Gasteiger partial charge in [0.25, 0.3) is 0 Å². The second-order valence-electron chi connectivity index (χ2n) is 6.59. The molecule has 0 aliphatic carbocycles. The van der Waals surface area contributed by atoms with Gasteiger partial charge in [-0.1, -0.05) is 44.2 Å². The Morgan fingerprint density at radius 1 is 1.16 bits per heavy atom. The van der Waals surface area contributed by atoms with E-state index in [4.69, 9.17) is 5.11 Å². The van der Waals surface area contributed by atoms with Crippen molar-refractivity contribution in [2.75, 3.05) is 6.54 Å². The lowest BCUT2D eigenvalue weighted by molar-refractivity contribution is 0.0696. The minimum atomic E-state index is -3.78. The molecular weight excluding hydrogens is 338 g/mol. The number of carboxylic acid groups (broad SMARTS) is 1. The Hall–Kier alpha value is -2.18. The highest BCUT2D eigenvalue weighted by Crippen LogP contribution is 2.38. The van der Waals surface area contributed by atoms with Gasteiger partial charge in [-0.3, -0.25) is 0 Å². The molecule has 0 spiro atoms. The molecule has 0 aromatic heterocycles. The van der Waals surface area contributed by atoms with E-state index in [2.05, 4.69) is 0 Å². The number of sulfonamides is 1. The molecule has 3 rings (SSSR count). The van der Waals surface area contributed by atoms with Gasteiger partial charge in [0.2, 0.25) is 10.0 Å². The van der Waals surface area contributed by atoms with E-state index < -0.39 is 16.0 Å². The summed E-state index contributed by atoms with van der Waals surface area (Å²) in [6.45, 7) is 4.39. The highest BCUT2D eigenvalue weighted by molar-refractivity contribution is 7.89. The second kappa shape index (κ2) is 6.61. The molecule has 1 N–H and O–H groups in total. The highest BCUT2D eigenvalue weighted by atomic mass is 32.2. The van der Waals surface area contributed by atoms with Gasteiger partial charge < -0.3 is 5.11 Å². The van der Waals surface area contributed by atoms with Gasteiger partial charge >= 0.3 is 5.97 Å². The van der Waals surface area contributed by atoms with E-state index in [9.17, 15) is 13.2 Å².